The number of benzene rings is 1. The normalized spacial score (nSPS) is 10.7. The number of nitriles is 1. The van der Waals surface area contributed by atoms with Gasteiger partial charge in [0, 0.05) is 4.47 Å². The molecule has 0 heterocycles. The van der Waals surface area contributed by atoms with Gasteiger partial charge in [0.25, 0.3) is 0 Å². The molecule has 0 aliphatic heterocycles. The van der Waals surface area contributed by atoms with Gasteiger partial charge in [0.05, 0.1) is 0 Å². The summed E-state index contributed by atoms with van der Waals surface area (Å²) in [6.45, 7) is 0. The lowest BCUT2D eigenvalue weighted by Crippen LogP contribution is -1.97. The third kappa shape index (κ3) is 2.44. The van der Waals surface area contributed by atoms with E-state index in [4.69, 9.17) is 10.4 Å². The van der Waals surface area contributed by atoms with E-state index in [1.54, 1.807) is 24.3 Å². The van der Waals surface area contributed by atoms with Crippen LogP contribution in [0.5, 0.6) is 0 Å². The average Bonchev–Trinajstić information content (AvgIpc) is 2.16. The first-order valence-electron chi connectivity index (χ1n) is 3.75. The zero-order valence-corrected chi connectivity index (χ0v) is 8.65. The van der Waals surface area contributed by atoms with E-state index < -0.39 is 5.97 Å². The summed E-state index contributed by atoms with van der Waals surface area (Å²) in [7, 11) is 0. The number of carboxylic acids is 1. The van der Waals surface area contributed by atoms with Crippen LogP contribution in [-0.4, -0.2) is 11.1 Å². The van der Waals surface area contributed by atoms with Gasteiger partial charge < -0.3 is 5.11 Å². The van der Waals surface area contributed by atoms with Crippen LogP contribution in [0.15, 0.2) is 34.3 Å². The van der Waals surface area contributed by atoms with Gasteiger partial charge in [-0.15, -0.1) is 0 Å². The van der Waals surface area contributed by atoms with Crippen molar-refractivity contribution < 1.29 is 9.90 Å². The van der Waals surface area contributed by atoms with Gasteiger partial charge in [-0.1, -0.05) is 34.1 Å². The van der Waals surface area contributed by atoms with Gasteiger partial charge >= 0.3 is 5.97 Å². The van der Waals surface area contributed by atoms with Crippen LogP contribution in [0.25, 0.3) is 6.08 Å². The third-order valence-corrected chi connectivity index (χ3v) is 2.28. The monoisotopic (exact) mass is 251 g/mol. The van der Waals surface area contributed by atoms with E-state index >= 15 is 0 Å². The summed E-state index contributed by atoms with van der Waals surface area (Å²) < 4.78 is 0.758. The Hall–Kier alpha value is -1.60. The van der Waals surface area contributed by atoms with E-state index in [9.17, 15) is 4.79 Å². The van der Waals surface area contributed by atoms with Gasteiger partial charge in [-0.05, 0) is 17.7 Å². The zero-order chi connectivity index (χ0) is 10.6. The highest BCUT2D eigenvalue weighted by molar-refractivity contribution is 9.10. The summed E-state index contributed by atoms with van der Waals surface area (Å²) >= 11 is 3.26. The number of carbonyl (C=O) groups is 1. The van der Waals surface area contributed by atoms with Crippen molar-refractivity contribution in [1.82, 2.24) is 0 Å². The van der Waals surface area contributed by atoms with Crippen LogP contribution < -0.4 is 0 Å². The van der Waals surface area contributed by atoms with Crippen LogP contribution in [0.4, 0.5) is 0 Å². The van der Waals surface area contributed by atoms with Crippen molar-refractivity contribution in [2.24, 2.45) is 0 Å². The fourth-order valence-corrected chi connectivity index (χ4v) is 1.29. The molecule has 0 fully saturated rings. The average molecular weight is 252 g/mol. The molecule has 3 nitrogen and oxygen atoms in total. The Kier molecular flexibility index (Phi) is 3.43. The molecule has 0 saturated heterocycles. The van der Waals surface area contributed by atoms with E-state index in [1.807, 2.05) is 6.07 Å². The van der Waals surface area contributed by atoms with Gasteiger partial charge in [0.1, 0.15) is 11.6 Å². The molecule has 0 saturated carbocycles. The van der Waals surface area contributed by atoms with Crippen LogP contribution in [0.1, 0.15) is 5.56 Å². The molecule has 0 spiro atoms. The molecule has 14 heavy (non-hydrogen) atoms. The Bertz CT molecular complexity index is 432. The molecule has 0 radical (unpaired) electrons. The van der Waals surface area contributed by atoms with Crippen LogP contribution in [0.2, 0.25) is 0 Å². The smallest absolute Gasteiger partial charge is 0.346 e. The Morgan fingerprint density at radius 3 is 2.64 bits per heavy atom. The van der Waals surface area contributed by atoms with Crippen molar-refractivity contribution >= 4 is 28.0 Å². The summed E-state index contributed by atoms with van der Waals surface area (Å²) in [5.74, 6) is -1.22. The minimum absolute atomic E-state index is 0.281. The predicted molar refractivity (Wildman–Crippen MR) is 55.4 cm³/mol. The molecule has 0 atom stereocenters. The van der Waals surface area contributed by atoms with E-state index in [0.717, 1.165) is 4.47 Å². The molecule has 1 aromatic rings. The molecule has 1 rings (SSSR count). The molecule has 0 aliphatic rings. The molecule has 4 heteroatoms. The highest BCUT2D eigenvalue weighted by Gasteiger charge is 2.06. The number of rotatable bonds is 2. The van der Waals surface area contributed by atoms with Gasteiger partial charge in [-0.25, -0.2) is 4.79 Å². The number of aliphatic carboxylic acids is 1. The molecule has 0 unspecified atom stereocenters. The van der Waals surface area contributed by atoms with E-state index in [0.29, 0.717) is 5.56 Å². The standard InChI is InChI=1S/C10H6BrNO2/c11-9-4-2-1-3-7(9)5-8(6-12)10(13)14/h1-5H,(H,13,14). The van der Waals surface area contributed by atoms with Gasteiger partial charge in [0.2, 0.25) is 0 Å². The largest absolute Gasteiger partial charge is 0.477 e. The van der Waals surface area contributed by atoms with Crippen molar-refractivity contribution in [3.8, 4) is 6.07 Å². The van der Waals surface area contributed by atoms with E-state index in [2.05, 4.69) is 15.9 Å². The molecule has 0 aromatic heterocycles. The van der Waals surface area contributed by atoms with Crippen LogP contribution in [0, 0.1) is 11.3 Å². The number of carboxylic acid groups (broad SMARTS) is 1. The lowest BCUT2D eigenvalue weighted by Gasteiger charge is -1.96. The SMILES string of the molecule is N#CC(=Cc1ccccc1Br)C(=O)O. The second-order valence-corrected chi connectivity index (χ2v) is 3.35. The molecule has 0 aliphatic carbocycles. The molecule has 0 bridgehead atoms. The first-order chi connectivity index (χ1) is 6.65. The quantitative estimate of drug-likeness (QED) is 0.649. The second-order valence-electron chi connectivity index (χ2n) is 2.50. The first-order valence-corrected chi connectivity index (χ1v) is 4.54. The third-order valence-electron chi connectivity index (χ3n) is 1.56. The molecule has 70 valence electrons. The lowest BCUT2D eigenvalue weighted by atomic mass is 10.1. The van der Waals surface area contributed by atoms with Gasteiger partial charge in [-0.3, -0.25) is 0 Å². The Morgan fingerprint density at radius 1 is 1.50 bits per heavy atom. The summed E-state index contributed by atoms with van der Waals surface area (Å²) in [6, 6.07) is 8.71. The highest BCUT2D eigenvalue weighted by Crippen LogP contribution is 2.18. The van der Waals surface area contributed by atoms with Crippen molar-refractivity contribution in [3.05, 3.63) is 39.9 Å². The predicted octanol–water partition coefficient (Wildman–Crippen LogP) is 2.44. The van der Waals surface area contributed by atoms with Gasteiger partial charge in [-0.2, -0.15) is 5.26 Å². The fraction of sp³-hybridized carbons (Fsp3) is 0. The first kappa shape index (κ1) is 10.5. The highest BCUT2D eigenvalue weighted by atomic mass is 79.9. The topological polar surface area (TPSA) is 61.1 Å². The minimum atomic E-state index is -1.22. The van der Waals surface area contributed by atoms with Crippen LogP contribution in [0.3, 0.4) is 0 Å². The minimum Gasteiger partial charge on any atom is -0.477 e. The summed E-state index contributed by atoms with van der Waals surface area (Å²) in [5, 5.41) is 17.2. The molecular formula is C10H6BrNO2. The van der Waals surface area contributed by atoms with Crippen molar-refractivity contribution in [1.29, 1.82) is 5.26 Å². The number of hydrogen-bond donors (Lipinski definition) is 1. The Labute approximate surface area is 89.4 Å². The van der Waals surface area contributed by atoms with E-state index in [1.165, 1.54) is 6.08 Å². The van der Waals surface area contributed by atoms with Crippen molar-refractivity contribution in [2.75, 3.05) is 0 Å². The molecule has 1 N–H and O–H groups in total. The summed E-state index contributed by atoms with van der Waals surface area (Å²) in [4.78, 5) is 10.5. The fourth-order valence-electron chi connectivity index (χ4n) is 0.889. The summed E-state index contributed by atoms with van der Waals surface area (Å²) in [5.41, 5.74) is 0.392. The Balaban J connectivity index is 3.15. The lowest BCUT2D eigenvalue weighted by molar-refractivity contribution is -0.132. The molecule has 1 aromatic carbocycles. The number of nitrogens with zero attached hydrogens (tertiary/aromatic N) is 1. The maximum absolute atomic E-state index is 10.5. The van der Waals surface area contributed by atoms with Crippen LogP contribution >= 0.6 is 15.9 Å². The number of hydrogen-bond acceptors (Lipinski definition) is 2. The Morgan fingerprint density at radius 2 is 2.14 bits per heavy atom. The maximum Gasteiger partial charge on any atom is 0.346 e. The molecule has 0 amide bonds. The zero-order valence-electron chi connectivity index (χ0n) is 7.07. The maximum atomic E-state index is 10.5. The van der Waals surface area contributed by atoms with E-state index in [-0.39, 0.29) is 5.57 Å². The van der Waals surface area contributed by atoms with Crippen molar-refractivity contribution in [2.45, 2.75) is 0 Å². The summed E-state index contributed by atoms with van der Waals surface area (Å²) in [6.07, 6.45) is 1.33. The second kappa shape index (κ2) is 4.58. The number of halogens is 1. The van der Waals surface area contributed by atoms with Crippen molar-refractivity contribution in [3.63, 3.8) is 0 Å². The van der Waals surface area contributed by atoms with Crippen LogP contribution in [-0.2, 0) is 4.79 Å². The molecular weight excluding hydrogens is 246 g/mol. The van der Waals surface area contributed by atoms with Gasteiger partial charge in [0.15, 0.2) is 0 Å².